The average molecular weight is 394 g/mol. The Balaban J connectivity index is 2.00. The number of rotatable bonds is 4. The van der Waals surface area contributed by atoms with Crippen LogP contribution in [0, 0.1) is 3.57 Å². The van der Waals surface area contributed by atoms with E-state index in [0.717, 1.165) is 29.3 Å². The second-order valence-electron chi connectivity index (χ2n) is 4.91. The molecule has 1 aromatic rings. The molecule has 0 heterocycles. The SMILES string of the molecule is CNC1CCC(NS(=O)(=O)c2ccc(I)cc2)CC1. The minimum Gasteiger partial charge on any atom is -0.317 e. The molecule has 0 unspecified atom stereocenters. The Morgan fingerprint density at radius 1 is 1.05 bits per heavy atom. The van der Waals surface area contributed by atoms with E-state index in [0.29, 0.717) is 10.9 Å². The van der Waals surface area contributed by atoms with E-state index in [4.69, 9.17) is 0 Å². The average Bonchev–Trinajstić information content (AvgIpc) is 2.40. The van der Waals surface area contributed by atoms with Crippen molar-refractivity contribution in [2.24, 2.45) is 0 Å². The normalized spacial score (nSPS) is 24.3. The summed E-state index contributed by atoms with van der Waals surface area (Å²) in [5, 5.41) is 3.25. The maximum atomic E-state index is 12.2. The van der Waals surface area contributed by atoms with Gasteiger partial charge in [0, 0.05) is 15.7 Å². The highest BCUT2D eigenvalue weighted by atomic mass is 127. The topological polar surface area (TPSA) is 58.2 Å². The Morgan fingerprint density at radius 2 is 1.58 bits per heavy atom. The lowest BCUT2D eigenvalue weighted by atomic mass is 9.92. The lowest BCUT2D eigenvalue weighted by molar-refractivity contribution is 0.343. The standard InChI is InChI=1S/C13H19IN2O2S/c1-15-11-4-6-12(7-5-11)16-19(17,18)13-8-2-10(14)3-9-13/h2-3,8-9,11-12,15-16H,4-7H2,1H3. The Labute approximate surface area is 128 Å². The van der Waals surface area contributed by atoms with Gasteiger partial charge in [-0.1, -0.05) is 0 Å². The summed E-state index contributed by atoms with van der Waals surface area (Å²) < 4.78 is 28.3. The van der Waals surface area contributed by atoms with Crippen LogP contribution in [0.15, 0.2) is 29.2 Å². The van der Waals surface area contributed by atoms with Crippen molar-refractivity contribution in [1.82, 2.24) is 10.0 Å². The minimum atomic E-state index is -3.37. The Kier molecular flexibility index (Phi) is 5.22. The van der Waals surface area contributed by atoms with E-state index in [1.165, 1.54) is 0 Å². The number of hydrogen-bond acceptors (Lipinski definition) is 3. The van der Waals surface area contributed by atoms with Crippen LogP contribution in [0.2, 0.25) is 0 Å². The van der Waals surface area contributed by atoms with E-state index >= 15 is 0 Å². The van der Waals surface area contributed by atoms with Gasteiger partial charge in [0.2, 0.25) is 10.0 Å². The molecule has 106 valence electrons. The first-order valence-electron chi connectivity index (χ1n) is 6.46. The number of nitrogens with one attached hydrogen (secondary N) is 2. The summed E-state index contributed by atoms with van der Waals surface area (Å²) in [5.41, 5.74) is 0. The third kappa shape index (κ3) is 4.14. The number of benzene rings is 1. The molecule has 4 nitrogen and oxygen atoms in total. The molecule has 0 aromatic heterocycles. The van der Waals surface area contributed by atoms with Gasteiger partial charge < -0.3 is 5.32 Å². The molecule has 0 amide bonds. The van der Waals surface area contributed by atoms with Crippen LogP contribution in [0.3, 0.4) is 0 Å². The van der Waals surface area contributed by atoms with Crippen LogP contribution in [-0.2, 0) is 10.0 Å². The molecule has 2 N–H and O–H groups in total. The molecule has 1 saturated carbocycles. The second kappa shape index (κ2) is 6.51. The lowest BCUT2D eigenvalue weighted by Crippen LogP contribution is -2.41. The van der Waals surface area contributed by atoms with Gasteiger partial charge in [-0.2, -0.15) is 0 Å². The van der Waals surface area contributed by atoms with Crippen molar-refractivity contribution >= 4 is 32.6 Å². The molecule has 0 bridgehead atoms. The van der Waals surface area contributed by atoms with Crippen molar-refractivity contribution in [3.63, 3.8) is 0 Å². The minimum absolute atomic E-state index is 0.0638. The maximum Gasteiger partial charge on any atom is 0.240 e. The smallest absolute Gasteiger partial charge is 0.240 e. The van der Waals surface area contributed by atoms with Crippen LogP contribution in [0.5, 0.6) is 0 Å². The van der Waals surface area contributed by atoms with Gasteiger partial charge in [0.05, 0.1) is 4.90 Å². The van der Waals surface area contributed by atoms with Gasteiger partial charge in [-0.05, 0) is 79.6 Å². The Hall–Kier alpha value is -0.180. The van der Waals surface area contributed by atoms with Crippen molar-refractivity contribution in [1.29, 1.82) is 0 Å². The molecule has 1 aliphatic rings. The van der Waals surface area contributed by atoms with Crippen LogP contribution in [0.4, 0.5) is 0 Å². The largest absolute Gasteiger partial charge is 0.317 e. The molecule has 1 fully saturated rings. The molecular formula is C13H19IN2O2S. The highest BCUT2D eigenvalue weighted by Crippen LogP contribution is 2.20. The van der Waals surface area contributed by atoms with Crippen LogP contribution in [0.1, 0.15) is 25.7 Å². The molecule has 1 aromatic carbocycles. The Bertz CT molecular complexity index is 508. The summed E-state index contributed by atoms with van der Waals surface area (Å²) in [5.74, 6) is 0. The fourth-order valence-electron chi connectivity index (χ4n) is 2.40. The van der Waals surface area contributed by atoms with E-state index in [1.807, 2.05) is 19.2 Å². The molecule has 0 spiro atoms. The quantitative estimate of drug-likeness (QED) is 0.770. The van der Waals surface area contributed by atoms with E-state index in [1.54, 1.807) is 12.1 Å². The summed E-state index contributed by atoms with van der Waals surface area (Å²) in [6, 6.07) is 7.53. The zero-order chi connectivity index (χ0) is 13.9. The van der Waals surface area contributed by atoms with Crippen molar-refractivity contribution < 1.29 is 8.42 Å². The maximum absolute atomic E-state index is 12.2. The summed E-state index contributed by atoms with van der Waals surface area (Å²) in [7, 11) is -1.42. The molecule has 0 saturated heterocycles. The summed E-state index contributed by atoms with van der Waals surface area (Å²) >= 11 is 2.16. The summed E-state index contributed by atoms with van der Waals surface area (Å²) in [4.78, 5) is 0.351. The third-order valence-electron chi connectivity index (χ3n) is 3.58. The van der Waals surface area contributed by atoms with Crippen LogP contribution in [-0.4, -0.2) is 27.5 Å². The van der Waals surface area contributed by atoms with Gasteiger partial charge in [0.1, 0.15) is 0 Å². The molecule has 0 atom stereocenters. The fourth-order valence-corrected chi connectivity index (χ4v) is 4.07. The molecule has 0 radical (unpaired) electrons. The van der Waals surface area contributed by atoms with Crippen LogP contribution >= 0.6 is 22.6 Å². The molecule has 0 aliphatic heterocycles. The van der Waals surface area contributed by atoms with Gasteiger partial charge >= 0.3 is 0 Å². The van der Waals surface area contributed by atoms with Gasteiger partial charge in [-0.3, -0.25) is 0 Å². The van der Waals surface area contributed by atoms with Gasteiger partial charge in [0.15, 0.2) is 0 Å². The Morgan fingerprint density at radius 3 is 2.11 bits per heavy atom. The number of sulfonamides is 1. The van der Waals surface area contributed by atoms with E-state index in [-0.39, 0.29) is 6.04 Å². The zero-order valence-corrected chi connectivity index (χ0v) is 13.9. The summed E-state index contributed by atoms with van der Waals surface area (Å²) in [6.07, 6.45) is 3.84. The number of halogens is 1. The predicted octanol–water partition coefficient (Wildman–Crippen LogP) is 2.10. The van der Waals surface area contributed by atoms with E-state index < -0.39 is 10.0 Å². The van der Waals surface area contributed by atoms with Gasteiger partial charge in [-0.15, -0.1) is 0 Å². The highest BCUT2D eigenvalue weighted by Gasteiger charge is 2.24. The molecule has 6 heteroatoms. The first-order chi connectivity index (χ1) is 9.01. The van der Waals surface area contributed by atoms with Crippen molar-refractivity contribution in [2.75, 3.05) is 7.05 Å². The van der Waals surface area contributed by atoms with Crippen molar-refractivity contribution in [3.8, 4) is 0 Å². The molecular weight excluding hydrogens is 375 g/mol. The molecule has 2 rings (SSSR count). The lowest BCUT2D eigenvalue weighted by Gasteiger charge is -2.28. The van der Waals surface area contributed by atoms with Gasteiger partial charge in [0.25, 0.3) is 0 Å². The van der Waals surface area contributed by atoms with E-state index in [2.05, 4.69) is 32.6 Å². The monoisotopic (exact) mass is 394 g/mol. The third-order valence-corrected chi connectivity index (χ3v) is 5.84. The number of hydrogen-bond donors (Lipinski definition) is 2. The second-order valence-corrected chi connectivity index (χ2v) is 7.87. The van der Waals surface area contributed by atoms with Crippen molar-refractivity contribution in [3.05, 3.63) is 27.8 Å². The molecule has 19 heavy (non-hydrogen) atoms. The van der Waals surface area contributed by atoms with Crippen molar-refractivity contribution in [2.45, 2.75) is 42.7 Å². The predicted molar refractivity (Wildman–Crippen MR) is 84.6 cm³/mol. The van der Waals surface area contributed by atoms with Gasteiger partial charge in [-0.25, -0.2) is 13.1 Å². The summed E-state index contributed by atoms with van der Waals surface area (Å²) in [6.45, 7) is 0. The van der Waals surface area contributed by atoms with Crippen LogP contribution < -0.4 is 10.0 Å². The fraction of sp³-hybridized carbons (Fsp3) is 0.538. The highest BCUT2D eigenvalue weighted by molar-refractivity contribution is 14.1. The van der Waals surface area contributed by atoms with Crippen LogP contribution in [0.25, 0.3) is 0 Å². The molecule has 1 aliphatic carbocycles. The first kappa shape index (κ1) is 15.2. The van der Waals surface area contributed by atoms with E-state index in [9.17, 15) is 8.42 Å². The first-order valence-corrected chi connectivity index (χ1v) is 9.02. The zero-order valence-electron chi connectivity index (χ0n) is 10.9.